The molecule has 0 aliphatic rings. The van der Waals surface area contributed by atoms with Gasteiger partial charge in [-0.05, 0) is 38.0 Å². The molecule has 4 nitrogen and oxygen atoms in total. The Morgan fingerprint density at radius 1 is 1.44 bits per heavy atom. The predicted octanol–water partition coefficient (Wildman–Crippen LogP) is 2.33. The van der Waals surface area contributed by atoms with Crippen molar-refractivity contribution in [1.29, 1.82) is 5.26 Å². The number of hydrogen-bond donors (Lipinski definition) is 1. The molecule has 0 saturated heterocycles. The number of rotatable bonds is 5. The summed E-state index contributed by atoms with van der Waals surface area (Å²) < 4.78 is 27.0. The van der Waals surface area contributed by atoms with Crippen molar-refractivity contribution in [3.63, 3.8) is 0 Å². The van der Waals surface area contributed by atoms with Crippen LogP contribution in [-0.2, 0) is 10.0 Å². The Labute approximate surface area is 109 Å². The Balaban J connectivity index is 3.09. The fourth-order valence-electron chi connectivity index (χ4n) is 1.78. The van der Waals surface area contributed by atoms with E-state index in [-0.39, 0.29) is 10.9 Å². The van der Waals surface area contributed by atoms with Gasteiger partial charge in [-0.25, -0.2) is 13.1 Å². The van der Waals surface area contributed by atoms with Crippen molar-refractivity contribution >= 4 is 10.0 Å². The van der Waals surface area contributed by atoms with Crippen molar-refractivity contribution in [2.75, 3.05) is 0 Å². The molecule has 1 unspecified atom stereocenters. The Morgan fingerprint density at radius 2 is 2.11 bits per heavy atom. The topological polar surface area (TPSA) is 70.0 Å². The third kappa shape index (κ3) is 3.56. The Morgan fingerprint density at radius 3 is 2.67 bits per heavy atom. The van der Waals surface area contributed by atoms with Crippen LogP contribution in [0.2, 0.25) is 0 Å². The molecule has 0 radical (unpaired) electrons. The molecule has 0 aromatic heterocycles. The van der Waals surface area contributed by atoms with Crippen LogP contribution in [0.1, 0.15) is 37.8 Å². The van der Waals surface area contributed by atoms with E-state index in [2.05, 4.69) is 4.72 Å². The summed E-state index contributed by atoms with van der Waals surface area (Å²) in [5, 5.41) is 8.82. The number of sulfonamides is 1. The maximum atomic E-state index is 12.2. The SMILES string of the molecule is CCCC(C)NS(=O)(=O)c1cc(C#N)ccc1C. The summed E-state index contributed by atoms with van der Waals surface area (Å²) in [6.07, 6.45) is 1.71. The second-order valence-corrected chi connectivity index (χ2v) is 6.09. The summed E-state index contributed by atoms with van der Waals surface area (Å²) in [5.41, 5.74) is 0.995. The molecule has 1 N–H and O–H groups in total. The van der Waals surface area contributed by atoms with Crippen molar-refractivity contribution < 1.29 is 8.42 Å². The first-order chi connectivity index (χ1) is 8.40. The summed E-state index contributed by atoms with van der Waals surface area (Å²) in [4.78, 5) is 0.185. The lowest BCUT2D eigenvalue weighted by Crippen LogP contribution is -2.32. The van der Waals surface area contributed by atoms with Crippen LogP contribution in [0, 0.1) is 18.3 Å². The highest BCUT2D eigenvalue weighted by molar-refractivity contribution is 7.89. The summed E-state index contributed by atoms with van der Waals surface area (Å²) in [6.45, 7) is 5.57. The van der Waals surface area contributed by atoms with Gasteiger partial charge in [-0.3, -0.25) is 0 Å². The second-order valence-electron chi connectivity index (χ2n) is 4.40. The molecular weight excluding hydrogens is 248 g/mol. The zero-order chi connectivity index (χ0) is 13.8. The average molecular weight is 266 g/mol. The van der Waals surface area contributed by atoms with Crippen LogP contribution in [0.3, 0.4) is 0 Å². The number of aryl methyl sites for hydroxylation is 1. The van der Waals surface area contributed by atoms with E-state index in [1.807, 2.05) is 19.9 Å². The van der Waals surface area contributed by atoms with Crippen LogP contribution in [-0.4, -0.2) is 14.5 Å². The molecule has 0 heterocycles. The van der Waals surface area contributed by atoms with Crippen LogP contribution < -0.4 is 4.72 Å². The summed E-state index contributed by atoms with van der Waals surface area (Å²) in [7, 11) is -3.55. The minimum atomic E-state index is -3.55. The highest BCUT2D eigenvalue weighted by atomic mass is 32.2. The Hall–Kier alpha value is -1.38. The molecule has 0 aliphatic heterocycles. The third-order valence-electron chi connectivity index (χ3n) is 2.68. The van der Waals surface area contributed by atoms with Crippen molar-refractivity contribution in [2.24, 2.45) is 0 Å². The van der Waals surface area contributed by atoms with Gasteiger partial charge in [0, 0.05) is 6.04 Å². The molecule has 98 valence electrons. The molecule has 0 bridgehead atoms. The van der Waals surface area contributed by atoms with Crippen molar-refractivity contribution in [3.8, 4) is 6.07 Å². The molecule has 0 saturated carbocycles. The normalized spacial score (nSPS) is 13.0. The minimum absolute atomic E-state index is 0.106. The molecular formula is C13H18N2O2S. The Bertz CT molecular complexity index is 559. The largest absolute Gasteiger partial charge is 0.241 e. The number of nitrogens with one attached hydrogen (secondary N) is 1. The van der Waals surface area contributed by atoms with Gasteiger partial charge in [-0.15, -0.1) is 0 Å². The van der Waals surface area contributed by atoms with Crippen LogP contribution in [0.5, 0.6) is 0 Å². The highest BCUT2D eigenvalue weighted by Gasteiger charge is 2.19. The van der Waals surface area contributed by atoms with E-state index in [9.17, 15) is 8.42 Å². The van der Waals surface area contributed by atoms with E-state index in [1.165, 1.54) is 6.07 Å². The quantitative estimate of drug-likeness (QED) is 0.889. The van der Waals surface area contributed by atoms with Gasteiger partial charge in [-0.2, -0.15) is 5.26 Å². The van der Waals surface area contributed by atoms with Crippen LogP contribution >= 0.6 is 0 Å². The fourth-order valence-corrected chi connectivity index (χ4v) is 3.33. The summed E-state index contributed by atoms with van der Waals surface area (Å²) in [5.74, 6) is 0. The molecule has 5 heteroatoms. The molecule has 0 aliphatic carbocycles. The van der Waals surface area contributed by atoms with Gasteiger partial charge < -0.3 is 0 Å². The van der Waals surface area contributed by atoms with Crippen molar-refractivity contribution in [3.05, 3.63) is 29.3 Å². The predicted molar refractivity (Wildman–Crippen MR) is 70.6 cm³/mol. The smallest absolute Gasteiger partial charge is 0.208 e. The van der Waals surface area contributed by atoms with Gasteiger partial charge in [0.1, 0.15) is 0 Å². The zero-order valence-corrected chi connectivity index (χ0v) is 11.7. The summed E-state index contributed by atoms with van der Waals surface area (Å²) in [6, 6.07) is 6.52. The first-order valence-electron chi connectivity index (χ1n) is 5.93. The van der Waals surface area contributed by atoms with Gasteiger partial charge in [0.25, 0.3) is 0 Å². The molecule has 1 atom stereocenters. The molecule has 0 fully saturated rings. The van der Waals surface area contributed by atoms with E-state index < -0.39 is 10.0 Å². The van der Waals surface area contributed by atoms with Crippen LogP contribution in [0.4, 0.5) is 0 Å². The number of nitrogens with zero attached hydrogens (tertiary/aromatic N) is 1. The fraction of sp³-hybridized carbons (Fsp3) is 0.462. The highest BCUT2D eigenvalue weighted by Crippen LogP contribution is 2.17. The van der Waals surface area contributed by atoms with E-state index in [4.69, 9.17) is 5.26 Å². The second kappa shape index (κ2) is 5.98. The van der Waals surface area contributed by atoms with Gasteiger partial charge in [-0.1, -0.05) is 19.4 Å². The minimum Gasteiger partial charge on any atom is -0.208 e. The lowest BCUT2D eigenvalue weighted by molar-refractivity contribution is 0.543. The van der Waals surface area contributed by atoms with Crippen LogP contribution in [0.25, 0.3) is 0 Å². The molecule has 1 aromatic carbocycles. The van der Waals surface area contributed by atoms with E-state index >= 15 is 0 Å². The molecule has 1 aromatic rings. The van der Waals surface area contributed by atoms with Gasteiger partial charge in [0.2, 0.25) is 10.0 Å². The summed E-state index contributed by atoms with van der Waals surface area (Å²) >= 11 is 0. The number of benzene rings is 1. The van der Waals surface area contributed by atoms with Gasteiger partial charge >= 0.3 is 0 Å². The van der Waals surface area contributed by atoms with Crippen molar-refractivity contribution in [1.82, 2.24) is 4.72 Å². The first kappa shape index (κ1) is 14.7. The van der Waals surface area contributed by atoms with E-state index in [0.29, 0.717) is 11.1 Å². The standard InChI is InChI=1S/C13H18N2O2S/c1-4-5-11(3)15-18(16,17)13-8-12(9-14)7-6-10(13)2/h6-8,11,15H,4-5H2,1-3H3. The van der Waals surface area contributed by atoms with Gasteiger partial charge in [0.05, 0.1) is 16.5 Å². The maximum Gasteiger partial charge on any atom is 0.241 e. The molecule has 1 rings (SSSR count). The van der Waals surface area contributed by atoms with Crippen LogP contribution in [0.15, 0.2) is 23.1 Å². The lowest BCUT2D eigenvalue weighted by atomic mass is 10.2. The molecule has 0 spiro atoms. The zero-order valence-electron chi connectivity index (χ0n) is 10.9. The van der Waals surface area contributed by atoms with E-state index in [0.717, 1.165) is 12.8 Å². The molecule has 0 amide bonds. The third-order valence-corrected chi connectivity index (χ3v) is 4.42. The first-order valence-corrected chi connectivity index (χ1v) is 7.42. The number of hydrogen-bond acceptors (Lipinski definition) is 3. The average Bonchev–Trinajstić information content (AvgIpc) is 2.29. The Kier molecular flexibility index (Phi) is 4.88. The lowest BCUT2D eigenvalue weighted by Gasteiger charge is -2.14. The monoisotopic (exact) mass is 266 g/mol. The van der Waals surface area contributed by atoms with Crippen molar-refractivity contribution in [2.45, 2.75) is 44.6 Å². The maximum absolute atomic E-state index is 12.2. The van der Waals surface area contributed by atoms with E-state index in [1.54, 1.807) is 19.1 Å². The molecule has 18 heavy (non-hydrogen) atoms. The number of nitriles is 1. The van der Waals surface area contributed by atoms with Gasteiger partial charge in [0.15, 0.2) is 0 Å².